The fraction of sp³-hybridized carbons (Fsp3) is 0.261. The van der Waals surface area contributed by atoms with Crippen LogP contribution in [0, 0.1) is 0 Å². The van der Waals surface area contributed by atoms with Crippen molar-refractivity contribution in [2.24, 2.45) is 0 Å². The van der Waals surface area contributed by atoms with Crippen LogP contribution in [-0.2, 0) is 16.3 Å². The second-order valence-electron chi connectivity index (χ2n) is 7.85. The first-order chi connectivity index (χ1) is 14.9. The fourth-order valence-corrected chi connectivity index (χ4v) is 5.41. The number of amides is 2. The van der Waals surface area contributed by atoms with Crippen LogP contribution in [-0.4, -0.2) is 61.3 Å². The van der Waals surface area contributed by atoms with Crippen molar-refractivity contribution in [2.45, 2.75) is 6.42 Å². The van der Waals surface area contributed by atoms with Crippen LogP contribution in [0.3, 0.4) is 0 Å². The highest BCUT2D eigenvalue weighted by molar-refractivity contribution is 7.91. The summed E-state index contributed by atoms with van der Waals surface area (Å²) in [6, 6.07) is 16.9. The number of hydrogen-bond acceptors (Lipinski definition) is 6. The van der Waals surface area contributed by atoms with Gasteiger partial charge in [0.15, 0.2) is 9.84 Å². The largest absolute Gasteiger partial charge is 0.369 e. The first-order valence-corrected chi connectivity index (χ1v) is 12.0. The van der Waals surface area contributed by atoms with Gasteiger partial charge in [-0.2, -0.15) is 0 Å². The Morgan fingerprint density at radius 1 is 0.871 bits per heavy atom. The number of fused-ring (bicyclic) bond motifs is 2. The van der Waals surface area contributed by atoms with Gasteiger partial charge in [-0.05, 0) is 24.3 Å². The van der Waals surface area contributed by atoms with Crippen molar-refractivity contribution in [3.63, 3.8) is 0 Å². The molecule has 2 amide bonds. The van der Waals surface area contributed by atoms with Gasteiger partial charge in [-0.1, -0.05) is 30.3 Å². The lowest BCUT2D eigenvalue weighted by Gasteiger charge is -2.29. The zero-order valence-electron chi connectivity index (χ0n) is 16.8. The Morgan fingerprint density at radius 2 is 1.65 bits per heavy atom. The lowest BCUT2D eigenvalue weighted by molar-refractivity contribution is 0.0656. The highest BCUT2D eigenvalue weighted by Crippen LogP contribution is 2.32. The van der Waals surface area contributed by atoms with E-state index in [1.807, 2.05) is 41.3 Å². The summed E-state index contributed by atoms with van der Waals surface area (Å²) in [6.45, 7) is 0.883. The van der Waals surface area contributed by atoms with Crippen molar-refractivity contribution in [1.29, 1.82) is 0 Å². The molecular weight excluding hydrogens is 414 g/mol. The average molecular weight is 436 g/mol. The first-order valence-electron chi connectivity index (χ1n) is 10.2. The molecule has 1 saturated heterocycles. The van der Waals surface area contributed by atoms with E-state index in [2.05, 4.69) is 4.98 Å². The summed E-state index contributed by atoms with van der Waals surface area (Å²) in [5.41, 5.74) is 3.08. The summed E-state index contributed by atoms with van der Waals surface area (Å²) in [6.07, 6.45) is 0.466. The lowest BCUT2D eigenvalue weighted by Crippen LogP contribution is -2.41. The molecule has 0 radical (unpaired) electrons. The molecule has 0 N–H and O–H groups in total. The Bertz CT molecular complexity index is 1310. The van der Waals surface area contributed by atoms with E-state index in [-0.39, 0.29) is 29.9 Å². The Morgan fingerprint density at radius 3 is 2.45 bits per heavy atom. The molecule has 158 valence electrons. The Labute approximate surface area is 180 Å². The lowest BCUT2D eigenvalue weighted by atomic mass is 10.1. The number of anilines is 1. The molecule has 0 unspecified atom stereocenters. The molecule has 2 aliphatic rings. The van der Waals surface area contributed by atoms with E-state index in [0.29, 0.717) is 36.3 Å². The maximum atomic E-state index is 13.2. The van der Waals surface area contributed by atoms with Crippen molar-refractivity contribution in [2.75, 3.05) is 36.0 Å². The molecule has 5 rings (SSSR count). The van der Waals surface area contributed by atoms with E-state index in [4.69, 9.17) is 0 Å². The number of carbonyl (C=O) groups excluding carboxylic acids is 2. The van der Waals surface area contributed by atoms with E-state index in [1.165, 1.54) is 4.90 Å². The van der Waals surface area contributed by atoms with Crippen LogP contribution in [0.15, 0.2) is 54.6 Å². The third-order valence-electron chi connectivity index (χ3n) is 5.91. The third kappa shape index (κ3) is 3.57. The zero-order chi connectivity index (χ0) is 21.6. The third-order valence-corrected chi connectivity index (χ3v) is 7.52. The van der Waals surface area contributed by atoms with Crippen molar-refractivity contribution in [3.8, 4) is 0 Å². The van der Waals surface area contributed by atoms with E-state index < -0.39 is 9.84 Å². The van der Waals surface area contributed by atoms with Crippen molar-refractivity contribution >= 4 is 38.2 Å². The average Bonchev–Trinajstić information content (AvgIpc) is 3.02. The molecule has 0 bridgehead atoms. The molecule has 0 atom stereocenters. The molecule has 1 aromatic heterocycles. The van der Waals surface area contributed by atoms with Crippen LogP contribution in [0.5, 0.6) is 0 Å². The summed E-state index contributed by atoms with van der Waals surface area (Å²) in [7, 11) is -3.04. The molecule has 0 spiro atoms. The SMILES string of the molecule is O=C1c2cccc(N3CCS(=O)(=O)CC3)c2C(=O)N1CCc1ccc2ccccc2n1. The van der Waals surface area contributed by atoms with Gasteiger partial charge in [0, 0.05) is 37.1 Å². The van der Waals surface area contributed by atoms with Crippen molar-refractivity contribution < 1.29 is 18.0 Å². The van der Waals surface area contributed by atoms with Gasteiger partial charge in [0.2, 0.25) is 0 Å². The van der Waals surface area contributed by atoms with Crippen LogP contribution in [0.2, 0.25) is 0 Å². The van der Waals surface area contributed by atoms with Gasteiger partial charge in [0.25, 0.3) is 11.8 Å². The molecule has 0 aliphatic carbocycles. The number of aromatic nitrogens is 1. The Balaban J connectivity index is 1.37. The van der Waals surface area contributed by atoms with Crippen LogP contribution >= 0.6 is 0 Å². The molecule has 8 heteroatoms. The molecule has 2 aromatic carbocycles. The van der Waals surface area contributed by atoms with Gasteiger partial charge < -0.3 is 4.90 Å². The summed E-state index contributed by atoms with van der Waals surface area (Å²) in [5, 5.41) is 1.04. The molecule has 0 saturated carbocycles. The first kappa shape index (κ1) is 19.7. The standard InChI is InChI=1S/C23H21N3O4S/c27-22-18-5-3-7-20(25-12-14-31(29,30)15-13-25)21(18)23(28)26(22)11-10-17-9-8-16-4-1-2-6-19(16)24-17/h1-9H,10-15H2. The minimum absolute atomic E-state index is 0.0517. The molecule has 7 nitrogen and oxygen atoms in total. The number of carbonyl (C=O) groups is 2. The van der Waals surface area contributed by atoms with E-state index in [0.717, 1.165) is 16.6 Å². The van der Waals surface area contributed by atoms with Gasteiger partial charge in [-0.25, -0.2) is 8.42 Å². The normalized spacial score (nSPS) is 17.9. The summed E-state index contributed by atoms with van der Waals surface area (Å²) in [5.74, 6) is -0.538. The minimum atomic E-state index is -3.04. The van der Waals surface area contributed by atoms with Crippen molar-refractivity contribution in [3.05, 3.63) is 71.4 Å². The minimum Gasteiger partial charge on any atom is -0.369 e. The van der Waals surface area contributed by atoms with E-state index >= 15 is 0 Å². The number of imide groups is 1. The molecule has 31 heavy (non-hydrogen) atoms. The zero-order valence-corrected chi connectivity index (χ0v) is 17.6. The summed E-state index contributed by atoms with van der Waals surface area (Å²) in [4.78, 5) is 33.9. The number of para-hydroxylation sites is 1. The number of rotatable bonds is 4. The maximum absolute atomic E-state index is 13.2. The smallest absolute Gasteiger partial charge is 0.263 e. The van der Waals surface area contributed by atoms with Crippen molar-refractivity contribution in [1.82, 2.24) is 9.88 Å². The number of nitrogens with zero attached hydrogens (tertiary/aromatic N) is 3. The summed E-state index contributed by atoms with van der Waals surface area (Å²) >= 11 is 0. The molecule has 3 aromatic rings. The highest BCUT2D eigenvalue weighted by atomic mass is 32.2. The van der Waals surface area contributed by atoms with Crippen LogP contribution in [0.25, 0.3) is 10.9 Å². The number of benzene rings is 2. The van der Waals surface area contributed by atoms with Gasteiger partial charge >= 0.3 is 0 Å². The Kier molecular flexibility index (Phi) is 4.74. The van der Waals surface area contributed by atoms with Gasteiger partial charge in [0.05, 0.1) is 33.8 Å². The highest BCUT2D eigenvalue weighted by Gasteiger charge is 2.38. The Hall–Kier alpha value is -3.26. The van der Waals surface area contributed by atoms with Crippen LogP contribution in [0.1, 0.15) is 26.4 Å². The van der Waals surface area contributed by atoms with Gasteiger partial charge in [0.1, 0.15) is 0 Å². The number of pyridine rings is 1. The fourth-order valence-electron chi connectivity index (χ4n) is 4.21. The molecule has 2 aliphatic heterocycles. The summed E-state index contributed by atoms with van der Waals surface area (Å²) < 4.78 is 23.5. The van der Waals surface area contributed by atoms with Gasteiger partial charge in [-0.3, -0.25) is 19.5 Å². The predicted octanol–water partition coefficient (Wildman–Crippen LogP) is 2.31. The van der Waals surface area contributed by atoms with E-state index in [9.17, 15) is 18.0 Å². The molecular formula is C23H21N3O4S. The second kappa shape index (κ2) is 7.46. The number of sulfone groups is 1. The topological polar surface area (TPSA) is 87.7 Å². The quantitative estimate of drug-likeness (QED) is 0.585. The second-order valence-corrected chi connectivity index (χ2v) is 10.1. The predicted molar refractivity (Wildman–Crippen MR) is 118 cm³/mol. The number of hydrogen-bond donors (Lipinski definition) is 0. The molecule has 1 fully saturated rings. The molecule has 3 heterocycles. The maximum Gasteiger partial charge on any atom is 0.263 e. The van der Waals surface area contributed by atoms with Gasteiger partial charge in [-0.15, -0.1) is 0 Å². The monoisotopic (exact) mass is 435 g/mol. The van der Waals surface area contributed by atoms with E-state index in [1.54, 1.807) is 18.2 Å². The van der Waals surface area contributed by atoms with Crippen LogP contribution < -0.4 is 4.90 Å². The van der Waals surface area contributed by atoms with Crippen LogP contribution in [0.4, 0.5) is 5.69 Å².